The Hall–Kier alpha value is -2.86. The first kappa shape index (κ1) is 19.9. The fourth-order valence-corrected chi connectivity index (χ4v) is 3.71. The second-order valence-corrected chi connectivity index (χ2v) is 7.27. The lowest BCUT2D eigenvalue weighted by Gasteiger charge is -2.34. The van der Waals surface area contributed by atoms with E-state index in [0.29, 0.717) is 24.2 Å². The van der Waals surface area contributed by atoms with E-state index in [2.05, 4.69) is 22.8 Å². The van der Waals surface area contributed by atoms with E-state index >= 15 is 0 Å². The van der Waals surface area contributed by atoms with Crippen LogP contribution in [0.5, 0.6) is 5.75 Å². The Morgan fingerprint density at radius 2 is 1.68 bits per heavy atom. The molecule has 2 amide bonds. The number of rotatable bonds is 7. The van der Waals surface area contributed by atoms with Gasteiger partial charge in [0.15, 0.2) is 0 Å². The van der Waals surface area contributed by atoms with Crippen LogP contribution >= 0.6 is 0 Å². The summed E-state index contributed by atoms with van der Waals surface area (Å²) in [6, 6.07) is 17.1. The lowest BCUT2D eigenvalue weighted by Crippen LogP contribution is -2.49. The average Bonchev–Trinajstić information content (AvgIpc) is 2.73. The van der Waals surface area contributed by atoms with Gasteiger partial charge in [-0.05, 0) is 49.1 Å². The molecular weight excluding hydrogens is 354 g/mol. The Labute approximate surface area is 165 Å². The highest BCUT2D eigenvalue weighted by Crippen LogP contribution is 2.25. The fraction of sp³-hybridized carbons (Fsp3) is 0.364. The third kappa shape index (κ3) is 5.33. The molecule has 3 unspecified atom stereocenters. The summed E-state index contributed by atoms with van der Waals surface area (Å²) >= 11 is 0. The molecule has 0 aromatic heterocycles. The van der Waals surface area contributed by atoms with E-state index in [-0.39, 0.29) is 29.8 Å². The zero-order chi connectivity index (χ0) is 19.9. The van der Waals surface area contributed by atoms with Crippen molar-refractivity contribution in [3.8, 4) is 5.75 Å². The highest BCUT2D eigenvalue weighted by molar-refractivity contribution is 5.94. The maximum Gasteiger partial charge on any atom is 0.251 e. The van der Waals surface area contributed by atoms with Crippen molar-refractivity contribution in [1.29, 1.82) is 0 Å². The van der Waals surface area contributed by atoms with Gasteiger partial charge in [-0.3, -0.25) is 9.59 Å². The molecule has 6 nitrogen and oxygen atoms in total. The Morgan fingerprint density at radius 1 is 1.00 bits per heavy atom. The number of benzene rings is 2. The van der Waals surface area contributed by atoms with Crippen LogP contribution in [0.15, 0.2) is 54.6 Å². The molecule has 3 atom stereocenters. The largest absolute Gasteiger partial charge is 0.497 e. The van der Waals surface area contributed by atoms with Crippen LogP contribution < -0.4 is 21.1 Å². The average molecular weight is 381 g/mol. The Kier molecular flexibility index (Phi) is 6.66. The molecule has 2 aromatic rings. The summed E-state index contributed by atoms with van der Waals surface area (Å²) in [5.41, 5.74) is 7.33. The number of primary amides is 1. The molecular formula is C22H27N3O3. The minimum atomic E-state index is -0.310. The number of hydrogen-bond acceptors (Lipinski definition) is 4. The van der Waals surface area contributed by atoms with Crippen LogP contribution in [0.25, 0.3) is 0 Å². The summed E-state index contributed by atoms with van der Waals surface area (Å²) in [6.45, 7) is 0.718. The molecule has 1 saturated carbocycles. The molecule has 148 valence electrons. The van der Waals surface area contributed by atoms with Crippen molar-refractivity contribution in [2.24, 2.45) is 11.7 Å². The van der Waals surface area contributed by atoms with Crippen molar-refractivity contribution in [2.75, 3.05) is 7.11 Å². The summed E-state index contributed by atoms with van der Waals surface area (Å²) in [5, 5.41) is 6.56. The number of carbonyl (C=O) groups excluding carboxylic acids is 2. The van der Waals surface area contributed by atoms with Crippen LogP contribution in [0.1, 0.15) is 35.2 Å². The minimum Gasteiger partial charge on any atom is -0.497 e. The van der Waals surface area contributed by atoms with Crippen molar-refractivity contribution in [3.63, 3.8) is 0 Å². The number of ether oxygens (including phenoxy) is 1. The van der Waals surface area contributed by atoms with Crippen LogP contribution in [0, 0.1) is 5.92 Å². The van der Waals surface area contributed by atoms with Crippen molar-refractivity contribution in [1.82, 2.24) is 10.6 Å². The Bertz CT molecular complexity index is 792. The van der Waals surface area contributed by atoms with E-state index in [1.54, 1.807) is 31.4 Å². The van der Waals surface area contributed by atoms with Gasteiger partial charge in [-0.25, -0.2) is 0 Å². The van der Waals surface area contributed by atoms with Crippen LogP contribution in [0.3, 0.4) is 0 Å². The molecule has 0 saturated heterocycles. The van der Waals surface area contributed by atoms with Crippen LogP contribution in [0.2, 0.25) is 0 Å². The maximum atomic E-state index is 12.6. The van der Waals surface area contributed by atoms with Crippen molar-refractivity contribution < 1.29 is 14.3 Å². The van der Waals surface area contributed by atoms with Crippen LogP contribution in [0.4, 0.5) is 0 Å². The van der Waals surface area contributed by atoms with Gasteiger partial charge in [0, 0.05) is 30.1 Å². The molecule has 0 heterocycles. The second kappa shape index (κ2) is 9.37. The number of hydrogen-bond donors (Lipinski definition) is 3. The first-order valence-electron chi connectivity index (χ1n) is 9.56. The molecule has 1 aliphatic rings. The van der Waals surface area contributed by atoms with Crippen molar-refractivity contribution in [2.45, 2.75) is 37.9 Å². The number of carbonyl (C=O) groups is 2. The molecule has 0 aliphatic heterocycles. The zero-order valence-electron chi connectivity index (χ0n) is 16.1. The van der Waals surface area contributed by atoms with Crippen LogP contribution in [-0.4, -0.2) is 31.0 Å². The fourth-order valence-electron chi connectivity index (χ4n) is 3.71. The van der Waals surface area contributed by atoms with E-state index in [0.717, 1.165) is 13.0 Å². The molecule has 0 radical (unpaired) electrons. The number of nitrogens with two attached hydrogens (primary N) is 1. The zero-order valence-corrected chi connectivity index (χ0v) is 16.1. The molecule has 0 bridgehead atoms. The lowest BCUT2D eigenvalue weighted by molar-refractivity contribution is -0.123. The lowest BCUT2D eigenvalue weighted by atomic mass is 9.81. The van der Waals surface area contributed by atoms with E-state index in [1.165, 1.54) is 5.56 Å². The Morgan fingerprint density at radius 3 is 2.32 bits per heavy atom. The van der Waals surface area contributed by atoms with Gasteiger partial charge in [-0.1, -0.05) is 30.3 Å². The molecule has 2 aromatic carbocycles. The number of amides is 2. The first-order chi connectivity index (χ1) is 13.5. The van der Waals surface area contributed by atoms with Gasteiger partial charge < -0.3 is 21.1 Å². The molecule has 28 heavy (non-hydrogen) atoms. The van der Waals surface area contributed by atoms with Crippen LogP contribution in [-0.2, 0) is 11.3 Å². The topological polar surface area (TPSA) is 93.4 Å². The Balaban J connectivity index is 1.61. The smallest absolute Gasteiger partial charge is 0.251 e. The quantitative estimate of drug-likeness (QED) is 0.686. The molecule has 1 aliphatic carbocycles. The SMILES string of the molecule is COc1ccc(C(=O)NC2CC(NCc3ccccc3)CC(C(N)=O)C2)cc1. The first-order valence-corrected chi connectivity index (χ1v) is 9.56. The van der Waals surface area contributed by atoms with Gasteiger partial charge >= 0.3 is 0 Å². The van der Waals surface area contributed by atoms with Gasteiger partial charge in [-0.2, -0.15) is 0 Å². The summed E-state index contributed by atoms with van der Waals surface area (Å²) < 4.78 is 5.13. The standard InChI is InChI=1S/C22H27N3O3/c1-28-20-9-7-16(8-10-20)22(27)25-19-12-17(21(23)26)11-18(13-19)24-14-15-5-3-2-4-6-15/h2-10,17-19,24H,11-14H2,1H3,(H2,23,26)(H,25,27). The summed E-state index contributed by atoms with van der Waals surface area (Å²) in [6.07, 6.45) is 2.02. The van der Waals surface area contributed by atoms with Crippen molar-refractivity contribution >= 4 is 11.8 Å². The predicted octanol–water partition coefficient (Wildman–Crippen LogP) is 2.24. The maximum absolute atomic E-state index is 12.6. The van der Waals surface area contributed by atoms with Gasteiger partial charge in [0.1, 0.15) is 5.75 Å². The van der Waals surface area contributed by atoms with E-state index < -0.39 is 0 Å². The van der Waals surface area contributed by atoms with Crippen molar-refractivity contribution in [3.05, 3.63) is 65.7 Å². The third-order valence-electron chi connectivity index (χ3n) is 5.23. The predicted molar refractivity (Wildman–Crippen MR) is 108 cm³/mol. The summed E-state index contributed by atoms with van der Waals surface area (Å²) in [5.74, 6) is -0.00846. The second-order valence-electron chi connectivity index (χ2n) is 7.27. The minimum absolute atomic E-state index is 0.103. The monoisotopic (exact) mass is 381 g/mol. The van der Waals surface area contributed by atoms with Gasteiger partial charge in [0.2, 0.25) is 5.91 Å². The molecule has 0 spiro atoms. The molecule has 6 heteroatoms. The molecule has 4 N–H and O–H groups in total. The highest BCUT2D eigenvalue weighted by Gasteiger charge is 2.32. The van der Waals surface area contributed by atoms with Gasteiger partial charge in [0.05, 0.1) is 7.11 Å². The van der Waals surface area contributed by atoms with Gasteiger partial charge in [0.25, 0.3) is 5.91 Å². The highest BCUT2D eigenvalue weighted by atomic mass is 16.5. The van der Waals surface area contributed by atoms with E-state index in [1.807, 2.05) is 18.2 Å². The molecule has 3 rings (SSSR count). The number of methoxy groups -OCH3 is 1. The number of nitrogens with one attached hydrogen (secondary N) is 2. The van der Waals surface area contributed by atoms with E-state index in [9.17, 15) is 9.59 Å². The van der Waals surface area contributed by atoms with Gasteiger partial charge in [-0.15, -0.1) is 0 Å². The summed E-state index contributed by atoms with van der Waals surface area (Å²) in [4.78, 5) is 24.4. The van der Waals surface area contributed by atoms with E-state index in [4.69, 9.17) is 10.5 Å². The summed E-state index contributed by atoms with van der Waals surface area (Å²) in [7, 11) is 1.59. The normalized spacial score (nSPS) is 21.7. The third-order valence-corrected chi connectivity index (χ3v) is 5.23. The molecule has 1 fully saturated rings.